The lowest BCUT2D eigenvalue weighted by Crippen LogP contribution is -2.40. The third-order valence-corrected chi connectivity index (χ3v) is 0.800. The van der Waals surface area contributed by atoms with E-state index in [1.807, 2.05) is 13.8 Å². The quantitative estimate of drug-likeness (QED) is 0.606. The average molecular weight is 148 g/mol. The minimum absolute atomic E-state index is 0.0819. The molecule has 0 aliphatic heterocycles. The summed E-state index contributed by atoms with van der Waals surface area (Å²) in [6.07, 6.45) is 0. The van der Waals surface area contributed by atoms with Gasteiger partial charge in [-0.2, -0.15) is 0 Å². The van der Waals surface area contributed by atoms with Crippen molar-refractivity contribution in [2.45, 2.75) is 19.9 Å². The molecule has 0 aliphatic rings. The highest BCUT2D eigenvalue weighted by atomic mass is 19.1. The van der Waals surface area contributed by atoms with Gasteiger partial charge in [-0.25, -0.2) is 9.18 Å². The number of carbonyl (C=O) groups excluding carboxylic acids is 1. The highest BCUT2D eigenvalue weighted by Gasteiger charge is 1.99. The number of hydrogen-bond acceptors (Lipinski definition) is 1. The Bertz CT molecular complexity index is 106. The van der Waals surface area contributed by atoms with E-state index in [4.69, 9.17) is 0 Å². The van der Waals surface area contributed by atoms with Crippen molar-refractivity contribution in [3.63, 3.8) is 0 Å². The molecule has 0 saturated heterocycles. The maximum absolute atomic E-state index is 11.4. The van der Waals surface area contributed by atoms with E-state index in [-0.39, 0.29) is 18.6 Å². The Morgan fingerprint density at radius 3 is 2.60 bits per heavy atom. The Labute approximate surface area is 60.0 Å². The second-order valence-electron chi connectivity index (χ2n) is 2.24. The molecule has 0 aliphatic carbocycles. The van der Waals surface area contributed by atoms with Crippen molar-refractivity contribution < 1.29 is 9.18 Å². The number of alkyl halides is 1. The van der Waals surface area contributed by atoms with Crippen LogP contribution in [0.4, 0.5) is 9.18 Å². The minimum atomic E-state index is -0.522. The van der Waals surface area contributed by atoms with Crippen LogP contribution >= 0.6 is 0 Å². The largest absolute Gasteiger partial charge is 0.336 e. The van der Waals surface area contributed by atoms with Gasteiger partial charge in [0, 0.05) is 12.6 Å². The molecule has 4 heteroatoms. The second-order valence-corrected chi connectivity index (χ2v) is 2.24. The summed E-state index contributed by atoms with van der Waals surface area (Å²) < 4.78 is 11.4. The molecule has 0 rings (SSSR count). The summed E-state index contributed by atoms with van der Waals surface area (Å²) in [5, 5.41) is 4.90. The van der Waals surface area contributed by atoms with Gasteiger partial charge in [-0.3, -0.25) is 0 Å². The van der Waals surface area contributed by atoms with Gasteiger partial charge in [-0.1, -0.05) is 0 Å². The standard InChI is InChI=1S/C6H13FN2O/c1-5(2)9-6(10)8-4-3-7/h5H,3-4H2,1-2H3,(H2,8,9,10). The first-order valence-corrected chi connectivity index (χ1v) is 3.27. The van der Waals surface area contributed by atoms with Crippen molar-refractivity contribution in [1.82, 2.24) is 10.6 Å². The highest BCUT2D eigenvalue weighted by molar-refractivity contribution is 5.73. The van der Waals surface area contributed by atoms with Crippen LogP contribution in [0.15, 0.2) is 0 Å². The fourth-order valence-electron chi connectivity index (χ4n) is 0.474. The molecular weight excluding hydrogens is 135 g/mol. The molecule has 0 bridgehead atoms. The van der Waals surface area contributed by atoms with Crippen LogP contribution in [-0.4, -0.2) is 25.3 Å². The van der Waals surface area contributed by atoms with Crippen LogP contribution in [0.5, 0.6) is 0 Å². The van der Waals surface area contributed by atoms with Gasteiger partial charge in [0.15, 0.2) is 0 Å². The molecule has 2 amide bonds. The summed E-state index contributed by atoms with van der Waals surface area (Å²) >= 11 is 0. The molecule has 0 heterocycles. The third kappa shape index (κ3) is 5.34. The maximum atomic E-state index is 11.4. The zero-order valence-electron chi connectivity index (χ0n) is 6.28. The van der Waals surface area contributed by atoms with Crippen LogP contribution in [-0.2, 0) is 0 Å². The average Bonchev–Trinajstić information content (AvgIpc) is 1.82. The number of amides is 2. The predicted molar refractivity (Wildman–Crippen MR) is 37.6 cm³/mol. The number of carbonyl (C=O) groups is 1. The maximum Gasteiger partial charge on any atom is 0.315 e. The SMILES string of the molecule is CC(C)NC(=O)NCCF. The minimum Gasteiger partial charge on any atom is -0.336 e. The molecule has 0 radical (unpaired) electrons. The first-order valence-electron chi connectivity index (χ1n) is 3.27. The molecule has 10 heavy (non-hydrogen) atoms. The molecule has 0 aromatic heterocycles. The van der Waals surface area contributed by atoms with E-state index >= 15 is 0 Å². The van der Waals surface area contributed by atoms with E-state index < -0.39 is 6.67 Å². The van der Waals surface area contributed by atoms with Gasteiger partial charge in [-0.05, 0) is 13.8 Å². The smallest absolute Gasteiger partial charge is 0.315 e. The molecule has 3 nitrogen and oxygen atoms in total. The van der Waals surface area contributed by atoms with Crippen molar-refractivity contribution in [3.8, 4) is 0 Å². The van der Waals surface area contributed by atoms with Crippen LogP contribution in [0.1, 0.15) is 13.8 Å². The first kappa shape index (κ1) is 9.20. The van der Waals surface area contributed by atoms with Crippen LogP contribution in [0, 0.1) is 0 Å². The van der Waals surface area contributed by atoms with Gasteiger partial charge in [0.2, 0.25) is 0 Å². The Hall–Kier alpha value is -0.800. The van der Waals surface area contributed by atoms with Crippen molar-refractivity contribution in [2.75, 3.05) is 13.2 Å². The van der Waals surface area contributed by atoms with Crippen molar-refractivity contribution in [2.24, 2.45) is 0 Å². The number of rotatable bonds is 3. The topological polar surface area (TPSA) is 41.1 Å². The van der Waals surface area contributed by atoms with E-state index in [1.165, 1.54) is 0 Å². The molecule has 0 saturated carbocycles. The Kier molecular flexibility index (Phi) is 4.62. The number of nitrogens with one attached hydrogen (secondary N) is 2. The molecule has 0 spiro atoms. The fourth-order valence-corrected chi connectivity index (χ4v) is 0.474. The second kappa shape index (κ2) is 5.02. The van der Waals surface area contributed by atoms with E-state index in [0.29, 0.717) is 0 Å². The third-order valence-electron chi connectivity index (χ3n) is 0.800. The van der Waals surface area contributed by atoms with Gasteiger partial charge < -0.3 is 10.6 Å². The zero-order valence-corrected chi connectivity index (χ0v) is 6.28. The molecule has 0 fully saturated rings. The van der Waals surface area contributed by atoms with E-state index in [0.717, 1.165) is 0 Å². The Morgan fingerprint density at radius 2 is 2.20 bits per heavy atom. The lowest BCUT2D eigenvalue weighted by atomic mass is 10.4. The number of urea groups is 1. The molecule has 0 unspecified atom stereocenters. The molecule has 60 valence electrons. The zero-order chi connectivity index (χ0) is 7.98. The Morgan fingerprint density at radius 1 is 1.60 bits per heavy atom. The van der Waals surface area contributed by atoms with Crippen LogP contribution in [0.2, 0.25) is 0 Å². The first-order chi connectivity index (χ1) is 4.66. The summed E-state index contributed by atoms with van der Waals surface area (Å²) in [6, 6.07) is -0.215. The van der Waals surface area contributed by atoms with E-state index in [9.17, 15) is 9.18 Å². The molecule has 0 aromatic rings. The van der Waals surface area contributed by atoms with Crippen molar-refractivity contribution in [3.05, 3.63) is 0 Å². The summed E-state index contributed by atoms with van der Waals surface area (Å²) in [5.74, 6) is 0. The number of hydrogen-bond donors (Lipinski definition) is 2. The van der Waals surface area contributed by atoms with E-state index in [1.54, 1.807) is 0 Å². The highest BCUT2D eigenvalue weighted by Crippen LogP contribution is 1.75. The van der Waals surface area contributed by atoms with Gasteiger partial charge in [0.1, 0.15) is 6.67 Å². The van der Waals surface area contributed by atoms with E-state index in [2.05, 4.69) is 10.6 Å². The lowest BCUT2D eigenvalue weighted by Gasteiger charge is -2.07. The number of halogens is 1. The van der Waals surface area contributed by atoms with Gasteiger partial charge >= 0.3 is 6.03 Å². The molecule has 2 N–H and O–H groups in total. The molecular formula is C6H13FN2O. The van der Waals surface area contributed by atoms with Gasteiger partial charge in [-0.15, -0.1) is 0 Å². The van der Waals surface area contributed by atoms with Gasteiger partial charge in [0.05, 0.1) is 0 Å². The summed E-state index contributed by atoms with van der Waals surface area (Å²) in [4.78, 5) is 10.6. The van der Waals surface area contributed by atoms with Gasteiger partial charge in [0.25, 0.3) is 0 Å². The summed E-state index contributed by atoms with van der Waals surface area (Å²) in [7, 11) is 0. The Balaban J connectivity index is 3.26. The molecule has 0 aromatic carbocycles. The van der Waals surface area contributed by atoms with Crippen LogP contribution in [0.25, 0.3) is 0 Å². The van der Waals surface area contributed by atoms with Crippen LogP contribution < -0.4 is 10.6 Å². The normalized spacial score (nSPS) is 9.60. The summed E-state index contributed by atoms with van der Waals surface area (Å²) in [5.41, 5.74) is 0. The van der Waals surface area contributed by atoms with Crippen LogP contribution in [0.3, 0.4) is 0 Å². The lowest BCUT2D eigenvalue weighted by molar-refractivity contribution is 0.237. The van der Waals surface area contributed by atoms with Crippen molar-refractivity contribution in [1.29, 1.82) is 0 Å². The van der Waals surface area contributed by atoms with Crippen molar-refractivity contribution >= 4 is 6.03 Å². The fraction of sp³-hybridized carbons (Fsp3) is 0.833. The monoisotopic (exact) mass is 148 g/mol. The molecule has 0 atom stereocenters. The predicted octanol–water partition coefficient (Wildman–Crippen LogP) is 0.663. The summed E-state index contributed by atoms with van der Waals surface area (Å²) in [6.45, 7) is 3.24.